The van der Waals surface area contributed by atoms with Gasteiger partial charge < -0.3 is 10.2 Å². The lowest BCUT2D eigenvalue weighted by Gasteiger charge is -2.17. The van der Waals surface area contributed by atoms with E-state index in [2.05, 4.69) is 25.2 Å². The van der Waals surface area contributed by atoms with Gasteiger partial charge in [0.05, 0.1) is 0 Å². The van der Waals surface area contributed by atoms with Gasteiger partial charge in [0, 0.05) is 38.6 Å². The van der Waals surface area contributed by atoms with E-state index in [-0.39, 0.29) is 0 Å². The molecule has 1 saturated heterocycles. The zero-order chi connectivity index (χ0) is 14.5. The molecular formula is C16H19N5. The summed E-state index contributed by atoms with van der Waals surface area (Å²) in [6, 6.07) is 5.93. The van der Waals surface area contributed by atoms with Crippen LogP contribution in [0.3, 0.4) is 0 Å². The number of hydrogen-bond donors (Lipinski definition) is 1. The molecule has 0 spiro atoms. The van der Waals surface area contributed by atoms with Gasteiger partial charge in [-0.25, -0.2) is 9.97 Å². The smallest absolute Gasteiger partial charge is 0.156 e. The Hall–Kier alpha value is -2.43. The van der Waals surface area contributed by atoms with Crippen molar-refractivity contribution in [3.05, 3.63) is 42.0 Å². The van der Waals surface area contributed by atoms with E-state index >= 15 is 0 Å². The zero-order valence-electron chi connectivity index (χ0n) is 12.2. The van der Waals surface area contributed by atoms with Crippen LogP contribution in [0.1, 0.15) is 24.2 Å². The molecule has 0 amide bonds. The third kappa shape index (κ3) is 3.37. The fourth-order valence-corrected chi connectivity index (χ4v) is 2.41. The second-order valence-electron chi connectivity index (χ2n) is 5.03. The Balaban J connectivity index is 1.87. The molecule has 1 aliphatic rings. The van der Waals surface area contributed by atoms with Gasteiger partial charge in [-0.3, -0.25) is 4.98 Å². The van der Waals surface area contributed by atoms with Crippen molar-refractivity contribution >= 4 is 23.8 Å². The van der Waals surface area contributed by atoms with Crippen molar-refractivity contribution in [2.75, 3.05) is 30.4 Å². The molecule has 108 valence electrons. The number of nitrogens with zero attached hydrogens (tertiary/aromatic N) is 4. The largest absolute Gasteiger partial charge is 0.373 e. The van der Waals surface area contributed by atoms with E-state index in [1.54, 1.807) is 12.4 Å². The van der Waals surface area contributed by atoms with Gasteiger partial charge in [-0.2, -0.15) is 0 Å². The molecule has 1 fully saturated rings. The maximum atomic E-state index is 4.65. The van der Waals surface area contributed by atoms with E-state index in [9.17, 15) is 0 Å². The Bertz CT molecular complexity index is 618. The van der Waals surface area contributed by atoms with Crippen LogP contribution in [0.25, 0.3) is 12.2 Å². The first-order valence-electron chi connectivity index (χ1n) is 7.25. The predicted molar refractivity (Wildman–Crippen MR) is 86.2 cm³/mol. The van der Waals surface area contributed by atoms with Crippen molar-refractivity contribution in [2.45, 2.75) is 12.8 Å². The Labute approximate surface area is 124 Å². The molecule has 5 heteroatoms. The van der Waals surface area contributed by atoms with E-state index in [1.807, 2.05) is 37.4 Å². The molecule has 3 heterocycles. The maximum absolute atomic E-state index is 4.65. The van der Waals surface area contributed by atoms with Crippen molar-refractivity contribution in [3.63, 3.8) is 0 Å². The van der Waals surface area contributed by atoms with Crippen LogP contribution in [-0.2, 0) is 0 Å². The molecule has 2 aromatic heterocycles. The number of anilines is 2. The molecule has 0 unspecified atom stereocenters. The first-order chi connectivity index (χ1) is 10.3. The summed E-state index contributed by atoms with van der Waals surface area (Å²) >= 11 is 0. The minimum atomic E-state index is 0.723. The van der Waals surface area contributed by atoms with Crippen LogP contribution in [0.15, 0.2) is 30.6 Å². The van der Waals surface area contributed by atoms with Gasteiger partial charge in [0.15, 0.2) is 5.82 Å². The van der Waals surface area contributed by atoms with E-state index in [0.29, 0.717) is 0 Å². The molecule has 0 atom stereocenters. The fraction of sp³-hybridized carbons (Fsp3) is 0.312. The molecular weight excluding hydrogens is 262 g/mol. The van der Waals surface area contributed by atoms with Gasteiger partial charge in [0.1, 0.15) is 11.6 Å². The summed E-state index contributed by atoms with van der Waals surface area (Å²) in [5, 5.41) is 3.11. The molecule has 0 saturated carbocycles. The van der Waals surface area contributed by atoms with Crippen LogP contribution in [0.2, 0.25) is 0 Å². The summed E-state index contributed by atoms with van der Waals surface area (Å²) in [6.07, 6.45) is 9.97. The minimum absolute atomic E-state index is 0.723. The van der Waals surface area contributed by atoms with E-state index in [4.69, 9.17) is 0 Å². The molecule has 0 aliphatic carbocycles. The molecule has 1 aliphatic heterocycles. The summed E-state index contributed by atoms with van der Waals surface area (Å²) in [4.78, 5) is 15.5. The molecule has 21 heavy (non-hydrogen) atoms. The van der Waals surface area contributed by atoms with Gasteiger partial charge in [-0.1, -0.05) is 6.08 Å². The van der Waals surface area contributed by atoms with Crippen LogP contribution in [0.4, 0.5) is 11.6 Å². The van der Waals surface area contributed by atoms with Crippen LogP contribution in [0, 0.1) is 0 Å². The molecule has 5 nitrogen and oxygen atoms in total. The topological polar surface area (TPSA) is 53.9 Å². The van der Waals surface area contributed by atoms with Crippen molar-refractivity contribution in [2.24, 2.45) is 0 Å². The van der Waals surface area contributed by atoms with Crippen LogP contribution in [0.5, 0.6) is 0 Å². The van der Waals surface area contributed by atoms with Gasteiger partial charge in [0.25, 0.3) is 0 Å². The third-order valence-electron chi connectivity index (χ3n) is 3.55. The summed E-state index contributed by atoms with van der Waals surface area (Å²) in [5.74, 6) is 2.57. The first-order valence-corrected chi connectivity index (χ1v) is 7.25. The van der Waals surface area contributed by atoms with Crippen molar-refractivity contribution < 1.29 is 0 Å². The average Bonchev–Trinajstić information content (AvgIpc) is 3.08. The standard InChI is InChI=1S/C16H19N5/c1-17-15-12-16(21-10-2-3-11-21)20-14(19-15)5-4-13-6-8-18-9-7-13/h4-9,12H,2-3,10-11H2,1H3,(H,17,19,20)/b5-4+. The van der Waals surface area contributed by atoms with Crippen LogP contribution < -0.4 is 10.2 Å². The molecule has 0 bridgehead atoms. The molecule has 0 aromatic carbocycles. The highest BCUT2D eigenvalue weighted by Crippen LogP contribution is 2.21. The lowest BCUT2D eigenvalue weighted by molar-refractivity contribution is 0.924. The first kappa shape index (κ1) is 13.5. The summed E-state index contributed by atoms with van der Waals surface area (Å²) in [7, 11) is 1.88. The molecule has 3 rings (SSSR count). The summed E-state index contributed by atoms with van der Waals surface area (Å²) in [6.45, 7) is 2.15. The quantitative estimate of drug-likeness (QED) is 0.933. The summed E-state index contributed by atoms with van der Waals surface area (Å²) < 4.78 is 0. The zero-order valence-corrected chi connectivity index (χ0v) is 12.2. The lowest BCUT2D eigenvalue weighted by Crippen LogP contribution is -2.19. The normalized spacial score (nSPS) is 14.8. The van der Waals surface area contributed by atoms with Gasteiger partial charge in [-0.15, -0.1) is 0 Å². The number of aromatic nitrogens is 3. The molecule has 2 aromatic rings. The monoisotopic (exact) mass is 281 g/mol. The summed E-state index contributed by atoms with van der Waals surface area (Å²) in [5.41, 5.74) is 1.09. The number of pyridine rings is 1. The Morgan fingerprint density at radius 1 is 1.10 bits per heavy atom. The lowest BCUT2D eigenvalue weighted by atomic mass is 10.2. The average molecular weight is 281 g/mol. The number of nitrogens with one attached hydrogen (secondary N) is 1. The second-order valence-corrected chi connectivity index (χ2v) is 5.03. The van der Waals surface area contributed by atoms with Crippen molar-refractivity contribution in [1.82, 2.24) is 15.0 Å². The number of rotatable bonds is 4. The van der Waals surface area contributed by atoms with E-state index in [0.717, 1.165) is 36.1 Å². The highest BCUT2D eigenvalue weighted by molar-refractivity contribution is 5.68. The van der Waals surface area contributed by atoms with E-state index < -0.39 is 0 Å². The molecule has 0 radical (unpaired) electrons. The highest BCUT2D eigenvalue weighted by atomic mass is 15.2. The Morgan fingerprint density at radius 2 is 1.86 bits per heavy atom. The fourth-order valence-electron chi connectivity index (χ4n) is 2.41. The maximum Gasteiger partial charge on any atom is 0.156 e. The second kappa shape index (κ2) is 6.35. The predicted octanol–water partition coefficient (Wildman–Crippen LogP) is 2.68. The van der Waals surface area contributed by atoms with E-state index in [1.165, 1.54) is 12.8 Å². The highest BCUT2D eigenvalue weighted by Gasteiger charge is 2.14. The Morgan fingerprint density at radius 3 is 2.57 bits per heavy atom. The Kier molecular flexibility index (Phi) is 4.09. The minimum Gasteiger partial charge on any atom is -0.373 e. The van der Waals surface area contributed by atoms with Gasteiger partial charge >= 0.3 is 0 Å². The van der Waals surface area contributed by atoms with Crippen LogP contribution >= 0.6 is 0 Å². The van der Waals surface area contributed by atoms with Crippen molar-refractivity contribution in [1.29, 1.82) is 0 Å². The third-order valence-corrected chi connectivity index (χ3v) is 3.55. The van der Waals surface area contributed by atoms with Gasteiger partial charge in [-0.05, 0) is 36.6 Å². The van der Waals surface area contributed by atoms with Crippen LogP contribution in [-0.4, -0.2) is 35.1 Å². The SMILES string of the molecule is CNc1cc(N2CCCC2)nc(/C=C/c2ccncc2)n1. The van der Waals surface area contributed by atoms with Crippen molar-refractivity contribution in [3.8, 4) is 0 Å². The number of hydrogen-bond acceptors (Lipinski definition) is 5. The molecule has 1 N–H and O–H groups in total. The van der Waals surface area contributed by atoms with Gasteiger partial charge in [0.2, 0.25) is 0 Å².